The molecular weight excluding hydrogens is 412 g/mol. The molecule has 0 fully saturated rings. The standard InChI is InChI=1S/C29H26O4/c1-18(30)20-10-5-7-15-25(20)32-27-17-9-14-23-22-12-3-4-13-24(22)29(28(23)27)33-26-16-8-6-11-21(26)19(2)31/h3-19,29-31H,1-2H3. The number of fused-ring (bicyclic) bond motifs is 3. The van der Waals surface area contributed by atoms with Crippen molar-refractivity contribution in [3.8, 4) is 28.4 Å². The van der Waals surface area contributed by atoms with Gasteiger partial charge in [-0.15, -0.1) is 0 Å². The van der Waals surface area contributed by atoms with Gasteiger partial charge in [0.2, 0.25) is 0 Å². The summed E-state index contributed by atoms with van der Waals surface area (Å²) in [4.78, 5) is 0. The summed E-state index contributed by atoms with van der Waals surface area (Å²) in [6.45, 7) is 3.46. The monoisotopic (exact) mass is 438 g/mol. The highest BCUT2D eigenvalue weighted by atomic mass is 16.5. The van der Waals surface area contributed by atoms with Crippen LogP contribution in [0.15, 0.2) is 91.0 Å². The van der Waals surface area contributed by atoms with E-state index in [9.17, 15) is 10.2 Å². The predicted octanol–water partition coefficient (Wildman–Crippen LogP) is 6.73. The third-order valence-corrected chi connectivity index (χ3v) is 6.06. The number of hydrogen-bond donors (Lipinski definition) is 2. The Morgan fingerprint density at radius 2 is 1.15 bits per heavy atom. The number of benzene rings is 4. The van der Waals surface area contributed by atoms with Crippen molar-refractivity contribution in [1.29, 1.82) is 0 Å². The van der Waals surface area contributed by atoms with Crippen LogP contribution in [0.4, 0.5) is 0 Å². The topological polar surface area (TPSA) is 58.9 Å². The minimum Gasteiger partial charge on any atom is -0.480 e. The molecular formula is C29H26O4. The predicted molar refractivity (Wildman–Crippen MR) is 129 cm³/mol. The van der Waals surface area contributed by atoms with E-state index < -0.39 is 18.3 Å². The van der Waals surface area contributed by atoms with E-state index in [1.807, 2.05) is 72.8 Å². The summed E-state index contributed by atoms with van der Waals surface area (Å²) < 4.78 is 13.0. The Morgan fingerprint density at radius 1 is 0.606 bits per heavy atom. The van der Waals surface area contributed by atoms with E-state index >= 15 is 0 Å². The van der Waals surface area contributed by atoms with Crippen LogP contribution in [0.3, 0.4) is 0 Å². The first-order valence-corrected chi connectivity index (χ1v) is 11.1. The Labute approximate surface area is 193 Å². The smallest absolute Gasteiger partial charge is 0.154 e. The Kier molecular flexibility index (Phi) is 5.63. The number of para-hydroxylation sites is 2. The zero-order valence-corrected chi connectivity index (χ0v) is 18.6. The Bertz CT molecular complexity index is 1290. The van der Waals surface area contributed by atoms with Crippen LogP contribution in [-0.4, -0.2) is 10.2 Å². The average molecular weight is 439 g/mol. The molecule has 0 bridgehead atoms. The SMILES string of the molecule is CC(O)c1ccccc1Oc1cccc2c1C(Oc1ccccc1C(C)O)c1ccccc1-2. The van der Waals surface area contributed by atoms with Crippen LogP contribution in [0, 0.1) is 0 Å². The van der Waals surface area contributed by atoms with Gasteiger partial charge < -0.3 is 19.7 Å². The van der Waals surface area contributed by atoms with Gasteiger partial charge in [-0.1, -0.05) is 72.8 Å². The molecule has 0 heterocycles. The number of hydrogen-bond acceptors (Lipinski definition) is 4. The summed E-state index contributed by atoms with van der Waals surface area (Å²) in [6.07, 6.45) is -1.70. The first-order chi connectivity index (χ1) is 16.0. The normalized spacial score (nSPS) is 15.9. The molecule has 4 aromatic carbocycles. The van der Waals surface area contributed by atoms with Gasteiger partial charge in [0, 0.05) is 22.3 Å². The van der Waals surface area contributed by atoms with Crippen molar-refractivity contribution in [3.05, 3.63) is 113 Å². The summed E-state index contributed by atoms with van der Waals surface area (Å²) in [5.74, 6) is 1.93. The van der Waals surface area contributed by atoms with Gasteiger partial charge in [-0.05, 0) is 43.2 Å². The lowest BCUT2D eigenvalue weighted by atomic mass is 10.0. The highest BCUT2D eigenvalue weighted by Gasteiger charge is 2.34. The molecule has 4 heteroatoms. The van der Waals surface area contributed by atoms with E-state index in [0.717, 1.165) is 33.4 Å². The molecule has 0 aromatic heterocycles. The maximum absolute atomic E-state index is 10.3. The molecule has 0 radical (unpaired) electrons. The van der Waals surface area contributed by atoms with Crippen LogP contribution in [0.5, 0.6) is 17.2 Å². The first-order valence-electron chi connectivity index (χ1n) is 11.1. The molecule has 4 aromatic rings. The molecule has 3 atom stereocenters. The van der Waals surface area contributed by atoms with Crippen LogP contribution >= 0.6 is 0 Å². The van der Waals surface area contributed by atoms with Crippen molar-refractivity contribution < 1.29 is 19.7 Å². The van der Waals surface area contributed by atoms with Crippen molar-refractivity contribution in [1.82, 2.24) is 0 Å². The zero-order valence-electron chi connectivity index (χ0n) is 18.6. The largest absolute Gasteiger partial charge is 0.480 e. The highest BCUT2D eigenvalue weighted by Crippen LogP contribution is 2.50. The Hall–Kier alpha value is -3.60. The summed E-state index contributed by atoms with van der Waals surface area (Å²) in [7, 11) is 0. The van der Waals surface area contributed by atoms with E-state index in [1.165, 1.54) is 0 Å². The molecule has 3 unspecified atom stereocenters. The van der Waals surface area contributed by atoms with Gasteiger partial charge in [0.15, 0.2) is 6.10 Å². The van der Waals surface area contributed by atoms with Gasteiger partial charge >= 0.3 is 0 Å². The van der Waals surface area contributed by atoms with Crippen LogP contribution < -0.4 is 9.47 Å². The Morgan fingerprint density at radius 3 is 1.88 bits per heavy atom. The van der Waals surface area contributed by atoms with Gasteiger partial charge in [0.05, 0.1) is 12.2 Å². The maximum atomic E-state index is 10.3. The molecule has 33 heavy (non-hydrogen) atoms. The quantitative estimate of drug-likeness (QED) is 0.350. The van der Waals surface area contributed by atoms with E-state index in [4.69, 9.17) is 9.47 Å². The molecule has 0 spiro atoms. The van der Waals surface area contributed by atoms with Crippen molar-refractivity contribution in [2.75, 3.05) is 0 Å². The van der Waals surface area contributed by atoms with Crippen molar-refractivity contribution in [2.24, 2.45) is 0 Å². The lowest BCUT2D eigenvalue weighted by Crippen LogP contribution is -2.10. The fraction of sp³-hybridized carbons (Fsp3) is 0.172. The van der Waals surface area contributed by atoms with Crippen molar-refractivity contribution >= 4 is 0 Å². The third-order valence-electron chi connectivity index (χ3n) is 6.06. The molecule has 1 aliphatic rings. The van der Waals surface area contributed by atoms with Gasteiger partial charge in [-0.2, -0.15) is 0 Å². The van der Waals surface area contributed by atoms with Crippen LogP contribution in [-0.2, 0) is 0 Å². The minimum absolute atomic E-state index is 0.397. The fourth-order valence-corrected chi connectivity index (χ4v) is 4.48. The lowest BCUT2D eigenvalue weighted by Gasteiger charge is -2.22. The second kappa shape index (κ2) is 8.74. The fourth-order valence-electron chi connectivity index (χ4n) is 4.48. The Balaban J connectivity index is 1.63. The van der Waals surface area contributed by atoms with E-state index in [1.54, 1.807) is 13.8 Å². The molecule has 5 rings (SSSR count). The second-order valence-corrected chi connectivity index (χ2v) is 8.33. The first kappa shape index (κ1) is 21.3. The molecule has 0 saturated heterocycles. The molecule has 0 amide bonds. The highest BCUT2D eigenvalue weighted by molar-refractivity contribution is 5.81. The van der Waals surface area contributed by atoms with E-state index in [2.05, 4.69) is 18.2 Å². The second-order valence-electron chi connectivity index (χ2n) is 8.33. The summed E-state index contributed by atoms with van der Waals surface area (Å²) >= 11 is 0. The molecule has 0 aliphatic heterocycles. The zero-order chi connectivity index (χ0) is 22.9. The summed E-state index contributed by atoms with van der Waals surface area (Å²) in [6, 6.07) is 29.2. The van der Waals surface area contributed by atoms with Crippen LogP contribution in [0.25, 0.3) is 11.1 Å². The minimum atomic E-state index is -0.653. The van der Waals surface area contributed by atoms with Gasteiger partial charge in [-0.3, -0.25) is 0 Å². The number of rotatable bonds is 6. The van der Waals surface area contributed by atoms with Crippen LogP contribution in [0.2, 0.25) is 0 Å². The van der Waals surface area contributed by atoms with E-state index in [0.29, 0.717) is 17.2 Å². The molecule has 2 N–H and O–H groups in total. The van der Waals surface area contributed by atoms with Gasteiger partial charge in [-0.25, -0.2) is 0 Å². The third kappa shape index (κ3) is 3.88. The number of aliphatic hydroxyl groups is 2. The average Bonchev–Trinajstić information content (AvgIpc) is 3.14. The lowest BCUT2D eigenvalue weighted by molar-refractivity contribution is 0.183. The van der Waals surface area contributed by atoms with E-state index in [-0.39, 0.29) is 0 Å². The number of ether oxygens (including phenoxy) is 2. The molecule has 0 saturated carbocycles. The maximum Gasteiger partial charge on any atom is 0.154 e. The number of aliphatic hydroxyl groups excluding tert-OH is 2. The van der Waals surface area contributed by atoms with Crippen LogP contribution in [0.1, 0.15) is 54.4 Å². The van der Waals surface area contributed by atoms with Gasteiger partial charge in [0.1, 0.15) is 17.2 Å². The van der Waals surface area contributed by atoms with Gasteiger partial charge in [0.25, 0.3) is 0 Å². The molecule has 4 nitrogen and oxygen atoms in total. The molecule has 166 valence electrons. The summed E-state index contributed by atoms with van der Waals surface area (Å²) in [5, 5.41) is 20.5. The molecule has 1 aliphatic carbocycles. The van der Waals surface area contributed by atoms with Crippen molar-refractivity contribution in [2.45, 2.75) is 32.2 Å². The van der Waals surface area contributed by atoms with Crippen molar-refractivity contribution in [3.63, 3.8) is 0 Å². The summed E-state index contributed by atoms with van der Waals surface area (Å²) in [5.41, 5.74) is 5.59.